The molecule has 0 radical (unpaired) electrons. The van der Waals surface area contributed by atoms with Crippen molar-refractivity contribution in [1.82, 2.24) is 14.6 Å². The fourth-order valence-corrected chi connectivity index (χ4v) is 1.58. The molecular formula is C13H16N4. The van der Waals surface area contributed by atoms with E-state index in [9.17, 15) is 0 Å². The zero-order valence-electron chi connectivity index (χ0n) is 10.3. The van der Waals surface area contributed by atoms with Gasteiger partial charge in [-0.1, -0.05) is 19.8 Å². The summed E-state index contributed by atoms with van der Waals surface area (Å²) in [6.07, 6.45) is 8.91. The zero-order chi connectivity index (χ0) is 12.4. The van der Waals surface area contributed by atoms with Crippen LogP contribution in [0.2, 0.25) is 0 Å². The quantitative estimate of drug-likeness (QED) is 0.819. The van der Waals surface area contributed by atoms with Gasteiger partial charge in [0.1, 0.15) is 5.52 Å². The maximum absolute atomic E-state index is 5.35. The largest absolute Gasteiger partial charge is 0.355 e. The third kappa shape index (κ3) is 2.23. The topological polar surface area (TPSA) is 42.2 Å². The number of nitrogens with one attached hydrogen (secondary N) is 1. The second-order valence-corrected chi connectivity index (χ2v) is 4.36. The summed E-state index contributed by atoms with van der Waals surface area (Å²) in [4.78, 5) is 4.30. The molecule has 1 atom stereocenters. The summed E-state index contributed by atoms with van der Waals surface area (Å²) >= 11 is 0. The molecule has 0 amide bonds. The van der Waals surface area contributed by atoms with Crippen molar-refractivity contribution in [1.29, 1.82) is 0 Å². The molecule has 0 aliphatic rings. The van der Waals surface area contributed by atoms with Gasteiger partial charge in [0.15, 0.2) is 5.82 Å². The molecule has 0 fully saturated rings. The highest BCUT2D eigenvalue weighted by atomic mass is 15.2. The number of nitrogens with zero attached hydrogens (tertiary/aromatic N) is 3. The summed E-state index contributed by atoms with van der Waals surface area (Å²) in [5, 5.41) is 7.67. The second kappa shape index (κ2) is 4.46. The number of hydrogen-bond donors (Lipinski definition) is 1. The number of terminal acetylenes is 1. The van der Waals surface area contributed by atoms with Crippen molar-refractivity contribution >= 4 is 11.3 Å². The fourth-order valence-electron chi connectivity index (χ4n) is 1.58. The van der Waals surface area contributed by atoms with Crippen LogP contribution in [0.25, 0.3) is 5.52 Å². The first-order chi connectivity index (χ1) is 8.11. The Morgan fingerprint density at radius 2 is 2.18 bits per heavy atom. The van der Waals surface area contributed by atoms with Crippen LogP contribution >= 0.6 is 0 Å². The van der Waals surface area contributed by atoms with Gasteiger partial charge in [0.2, 0.25) is 0 Å². The lowest BCUT2D eigenvalue weighted by Gasteiger charge is -2.08. The van der Waals surface area contributed by atoms with Crippen LogP contribution in [-0.2, 0) is 0 Å². The average molecular weight is 228 g/mol. The molecule has 0 aliphatic carbocycles. The number of aromatic nitrogens is 3. The Balaban J connectivity index is 2.46. The first-order valence-electron chi connectivity index (χ1n) is 5.68. The molecule has 0 spiro atoms. The second-order valence-electron chi connectivity index (χ2n) is 4.36. The van der Waals surface area contributed by atoms with E-state index in [1.807, 2.05) is 23.7 Å². The van der Waals surface area contributed by atoms with Crippen LogP contribution in [-0.4, -0.2) is 20.6 Å². The van der Waals surface area contributed by atoms with Crippen LogP contribution in [0.3, 0.4) is 0 Å². The van der Waals surface area contributed by atoms with Gasteiger partial charge < -0.3 is 5.32 Å². The van der Waals surface area contributed by atoms with E-state index in [4.69, 9.17) is 6.42 Å². The highest BCUT2D eigenvalue weighted by Crippen LogP contribution is 2.20. The van der Waals surface area contributed by atoms with Crippen LogP contribution in [0, 0.1) is 12.3 Å². The molecule has 4 heteroatoms. The Kier molecular flexibility index (Phi) is 3.01. The molecule has 2 heterocycles. The van der Waals surface area contributed by atoms with Crippen LogP contribution < -0.4 is 5.32 Å². The van der Waals surface area contributed by atoms with Gasteiger partial charge in [0.25, 0.3) is 0 Å². The number of anilines is 1. The summed E-state index contributed by atoms with van der Waals surface area (Å²) in [6, 6.07) is 1.99. The molecule has 88 valence electrons. The minimum atomic E-state index is -0.0499. The summed E-state index contributed by atoms with van der Waals surface area (Å²) < 4.78 is 1.83. The Morgan fingerprint density at radius 3 is 2.82 bits per heavy atom. The van der Waals surface area contributed by atoms with Gasteiger partial charge in [-0.05, 0) is 18.9 Å². The van der Waals surface area contributed by atoms with Crippen molar-refractivity contribution in [2.45, 2.75) is 32.7 Å². The van der Waals surface area contributed by atoms with E-state index >= 15 is 0 Å². The van der Waals surface area contributed by atoms with E-state index in [1.165, 1.54) is 0 Å². The van der Waals surface area contributed by atoms with Gasteiger partial charge in [-0.25, -0.2) is 9.50 Å². The molecule has 1 unspecified atom stereocenters. The lowest BCUT2D eigenvalue weighted by atomic mass is 10.1. The highest BCUT2D eigenvalue weighted by Gasteiger charge is 2.10. The van der Waals surface area contributed by atoms with E-state index in [1.54, 1.807) is 6.20 Å². The molecule has 0 aromatic carbocycles. The van der Waals surface area contributed by atoms with E-state index in [2.05, 4.69) is 35.2 Å². The lowest BCUT2D eigenvalue weighted by molar-refractivity contribution is 0.786. The van der Waals surface area contributed by atoms with Crippen molar-refractivity contribution in [3.05, 3.63) is 24.2 Å². The van der Waals surface area contributed by atoms with Crippen molar-refractivity contribution in [2.75, 3.05) is 5.32 Å². The molecule has 17 heavy (non-hydrogen) atoms. The average Bonchev–Trinajstić information content (AvgIpc) is 2.74. The summed E-state index contributed by atoms with van der Waals surface area (Å²) in [5.74, 6) is 3.80. The summed E-state index contributed by atoms with van der Waals surface area (Å²) in [5.41, 5.74) is 2.01. The number of fused-ring (bicyclic) bond motifs is 1. The molecule has 4 nitrogen and oxygen atoms in total. The van der Waals surface area contributed by atoms with Crippen molar-refractivity contribution in [3.63, 3.8) is 0 Å². The SMILES string of the molecule is C#CC(C)Nc1nccn2nc(C(C)C)cc12. The molecule has 0 saturated carbocycles. The fraction of sp³-hybridized carbons (Fsp3) is 0.385. The van der Waals surface area contributed by atoms with Gasteiger partial charge in [0.05, 0.1) is 11.7 Å². The molecule has 2 aromatic rings. The van der Waals surface area contributed by atoms with E-state index in [-0.39, 0.29) is 6.04 Å². The molecular weight excluding hydrogens is 212 g/mol. The highest BCUT2D eigenvalue weighted by molar-refractivity contribution is 5.68. The van der Waals surface area contributed by atoms with Crippen molar-refractivity contribution in [3.8, 4) is 12.3 Å². The predicted molar refractivity (Wildman–Crippen MR) is 69.0 cm³/mol. The van der Waals surface area contributed by atoms with Crippen LogP contribution in [0.15, 0.2) is 18.5 Å². The van der Waals surface area contributed by atoms with Gasteiger partial charge in [0, 0.05) is 12.4 Å². The molecule has 1 N–H and O–H groups in total. The number of hydrogen-bond acceptors (Lipinski definition) is 3. The zero-order valence-corrected chi connectivity index (χ0v) is 10.3. The van der Waals surface area contributed by atoms with Gasteiger partial charge in [-0.3, -0.25) is 0 Å². The van der Waals surface area contributed by atoms with Crippen LogP contribution in [0.1, 0.15) is 32.4 Å². The molecule has 2 aromatic heterocycles. The summed E-state index contributed by atoms with van der Waals surface area (Å²) in [6.45, 7) is 6.16. The summed E-state index contributed by atoms with van der Waals surface area (Å²) in [7, 11) is 0. The standard InChI is InChI=1S/C13H16N4/c1-5-10(4)15-13-12-8-11(9(2)3)16-17(12)7-6-14-13/h1,6-10H,2-4H3,(H,14,15). The predicted octanol–water partition coefficient (Wildman–Crippen LogP) is 2.29. The smallest absolute Gasteiger partial charge is 0.153 e. The monoisotopic (exact) mass is 228 g/mol. The number of rotatable bonds is 3. The Labute approximate surface area is 101 Å². The van der Waals surface area contributed by atoms with Crippen LogP contribution in [0.4, 0.5) is 5.82 Å². The first-order valence-corrected chi connectivity index (χ1v) is 5.68. The third-order valence-corrected chi connectivity index (χ3v) is 2.60. The Morgan fingerprint density at radius 1 is 1.41 bits per heavy atom. The molecule has 0 bridgehead atoms. The minimum absolute atomic E-state index is 0.0499. The molecule has 2 rings (SSSR count). The van der Waals surface area contributed by atoms with Crippen molar-refractivity contribution in [2.24, 2.45) is 0 Å². The van der Waals surface area contributed by atoms with Gasteiger partial charge in [-0.15, -0.1) is 6.42 Å². The minimum Gasteiger partial charge on any atom is -0.355 e. The maximum Gasteiger partial charge on any atom is 0.153 e. The van der Waals surface area contributed by atoms with Crippen LogP contribution in [0.5, 0.6) is 0 Å². The Bertz CT molecular complexity index is 562. The van der Waals surface area contributed by atoms with E-state index in [0.29, 0.717) is 5.92 Å². The van der Waals surface area contributed by atoms with Gasteiger partial charge >= 0.3 is 0 Å². The molecule has 0 saturated heterocycles. The normalized spacial score (nSPS) is 12.6. The lowest BCUT2D eigenvalue weighted by Crippen LogP contribution is -2.13. The van der Waals surface area contributed by atoms with E-state index in [0.717, 1.165) is 17.0 Å². The van der Waals surface area contributed by atoms with Crippen molar-refractivity contribution < 1.29 is 0 Å². The molecule has 0 aliphatic heterocycles. The van der Waals surface area contributed by atoms with E-state index < -0.39 is 0 Å². The third-order valence-electron chi connectivity index (χ3n) is 2.60. The van der Waals surface area contributed by atoms with Gasteiger partial charge in [-0.2, -0.15) is 5.10 Å². The Hall–Kier alpha value is -2.02. The first kappa shape index (κ1) is 11.5. The maximum atomic E-state index is 5.35.